The molecule has 8 nitrogen and oxygen atoms in total. The van der Waals surface area contributed by atoms with E-state index in [1.807, 2.05) is 30.3 Å². The Labute approximate surface area is 199 Å². The number of nitrogens with zero attached hydrogens (tertiary/aromatic N) is 2. The van der Waals surface area contributed by atoms with Crippen molar-refractivity contribution >= 4 is 34.7 Å². The van der Waals surface area contributed by atoms with E-state index in [0.29, 0.717) is 29.4 Å². The molecule has 0 N–H and O–H groups in total. The van der Waals surface area contributed by atoms with Crippen LogP contribution in [0.5, 0.6) is 11.5 Å². The first kappa shape index (κ1) is 23.1. The molecule has 3 aromatic rings. The van der Waals surface area contributed by atoms with Crippen molar-refractivity contribution in [3.63, 3.8) is 0 Å². The minimum Gasteiger partial charge on any atom is -0.490 e. The van der Waals surface area contributed by atoms with Crippen LogP contribution in [-0.4, -0.2) is 34.2 Å². The van der Waals surface area contributed by atoms with Gasteiger partial charge < -0.3 is 9.47 Å². The highest BCUT2D eigenvalue weighted by atomic mass is 32.2. The van der Waals surface area contributed by atoms with Crippen LogP contribution in [0.15, 0.2) is 83.8 Å². The first-order valence-electron chi connectivity index (χ1n) is 10.4. The molecule has 34 heavy (non-hydrogen) atoms. The summed E-state index contributed by atoms with van der Waals surface area (Å²) in [5.74, 6) is 1.05. The molecule has 4 rings (SSSR count). The molecule has 0 atom stereocenters. The number of nitro benzene ring substituents is 1. The quantitative estimate of drug-likeness (QED) is 0.179. The maximum Gasteiger partial charge on any atom is 0.293 e. The van der Waals surface area contributed by atoms with Crippen molar-refractivity contribution in [2.45, 2.75) is 6.54 Å². The molecule has 0 spiro atoms. The largest absolute Gasteiger partial charge is 0.490 e. The third-order valence-electron chi connectivity index (χ3n) is 4.90. The fourth-order valence-corrected chi connectivity index (χ4v) is 4.03. The lowest BCUT2D eigenvalue weighted by Crippen LogP contribution is -2.27. The average molecular weight is 477 g/mol. The molecule has 1 aliphatic rings. The summed E-state index contributed by atoms with van der Waals surface area (Å²) in [5.41, 5.74) is 1.34. The molecule has 1 fully saturated rings. The number of imide groups is 1. The third-order valence-corrected chi connectivity index (χ3v) is 5.81. The predicted octanol–water partition coefficient (Wildman–Crippen LogP) is 5.29. The maximum absolute atomic E-state index is 12.7. The Kier molecular flexibility index (Phi) is 7.24. The van der Waals surface area contributed by atoms with Crippen LogP contribution >= 0.6 is 11.8 Å². The average Bonchev–Trinajstić information content (AvgIpc) is 3.11. The van der Waals surface area contributed by atoms with Crippen LogP contribution in [0, 0.1) is 10.1 Å². The summed E-state index contributed by atoms with van der Waals surface area (Å²) in [6, 6.07) is 22.4. The number of amides is 2. The summed E-state index contributed by atoms with van der Waals surface area (Å²) < 4.78 is 11.3. The van der Waals surface area contributed by atoms with Crippen LogP contribution in [0.25, 0.3) is 6.08 Å². The van der Waals surface area contributed by atoms with Crippen molar-refractivity contribution < 1.29 is 24.0 Å². The Morgan fingerprint density at radius 3 is 2.09 bits per heavy atom. The highest BCUT2D eigenvalue weighted by Crippen LogP contribution is 2.33. The minimum absolute atomic E-state index is 0.0473. The van der Waals surface area contributed by atoms with E-state index in [1.165, 1.54) is 24.3 Å². The molecule has 0 saturated carbocycles. The molecule has 3 aromatic carbocycles. The van der Waals surface area contributed by atoms with Gasteiger partial charge in [-0.2, -0.15) is 0 Å². The first-order chi connectivity index (χ1) is 16.5. The normalized spacial score (nSPS) is 14.5. The first-order valence-corrected chi connectivity index (χ1v) is 11.2. The van der Waals surface area contributed by atoms with Gasteiger partial charge in [-0.1, -0.05) is 42.5 Å². The number of para-hydroxylation sites is 1. The lowest BCUT2D eigenvalue weighted by molar-refractivity contribution is -0.384. The number of hydrogen-bond donors (Lipinski definition) is 0. The Balaban J connectivity index is 1.32. The topological polar surface area (TPSA) is 99.0 Å². The monoisotopic (exact) mass is 476 g/mol. The smallest absolute Gasteiger partial charge is 0.293 e. The van der Waals surface area contributed by atoms with Gasteiger partial charge in [0.15, 0.2) is 0 Å². The van der Waals surface area contributed by atoms with Crippen molar-refractivity contribution in [2.24, 2.45) is 0 Å². The molecule has 0 aromatic heterocycles. The third kappa shape index (κ3) is 5.81. The molecule has 0 bridgehead atoms. The Bertz CT molecular complexity index is 1210. The maximum atomic E-state index is 12.7. The Morgan fingerprint density at radius 2 is 1.47 bits per heavy atom. The van der Waals surface area contributed by atoms with Gasteiger partial charge in [0.05, 0.1) is 16.4 Å². The van der Waals surface area contributed by atoms with Gasteiger partial charge >= 0.3 is 0 Å². The van der Waals surface area contributed by atoms with Gasteiger partial charge in [0.2, 0.25) is 0 Å². The molecule has 1 saturated heterocycles. The zero-order valence-electron chi connectivity index (χ0n) is 18.0. The Morgan fingerprint density at radius 1 is 0.853 bits per heavy atom. The van der Waals surface area contributed by atoms with Crippen molar-refractivity contribution in [3.8, 4) is 11.5 Å². The van der Waals surface area contributed by atoms with E-state index in [2.05, 4.69) is 0 Å². The van der Waals surface area contributed by atoms with E-state index in [0.717, 1.165) is 28.0 Å². The van der Waals surface area contributed by atoms with Gasteiger partial charge in [0, 0.05) is 12.1 Å². The van der Waals surface area contributed by atoms with E-state index < -0.39 is 10.8 Å². The molecule has 9 heteroatoms. The van der Waals surface area contributed by atoms with Crippen LogP contribution in [0.1, 0.15) is 11.1 Å². The number of ether oxygens (including phenoxy) is 2. The molecular weight excluding hydrogens is 456 g/mol. The summed E-state index contributed by atoms with van der Waals surface area (Å²) in [6.45, 7) is 0.848. The molecule has 0 radical (unpaired) electrons. The lowest BCUT2D eigenvalue weighted by Gasteiger charge is -2.12. The number of hydrogen-bond acceptors (Lipinski definition) is 7. The van der Waals surface area contributed by atoms with Gasteiger partial charge in [0.25, 0.3) is 16.8 Å². The molecule has 172 valence electrons. The van der Waals surface area contributed by atoms with Crippen molar-refractivity contribution in [2.75, 3.05) is 13.2 Å². The molecule has 0 aliphatic carbocycles. The zero-order chi connectivity index (χ0) is 23.9. The number of nitro groups is 1. The van der Waals surface area contributed by atoms with Gasteiger partial charge in [-0.15, -0.1) is 0 Å². The summed E-state index contributed by atoms with van der Waals surface area (Å²) in [4.78, 5) is 36.8. The van der Waals surface area contributed by atoms with Crippen LogP contribution in [0.3, 0.4) is 0 Å². The molecule has 1 heterocycles. The van der Waals surface area contributed by atoms with Crippen LogP contribution in [0.4, 0.5) is 10.5 Å². The minimum atomic E-state index is -0.499. The molecule has 2 amide bonds. The second-order valence-electron chi connectivity index (χ2n) is 7.27. The summed E-state index contributed by atoms with van der Waals surface area (Å²) >= 11 is 0.865. The highest BCUT2D eigenvalue weighted by Gasteiger charge is 2.35. The van der Waals surface area contributed by atoms with E-state index in [9.17, 15) is 19.7 Å². The predicted molar refractivity (Wildman–Crippen MR) is 128 cm³/mol. The highest BCUT2D eigenvalue weighted by molar-refractivity contribution is 8.18. The van der Waals surface area contributed by atoms with Crippen molar-refractivity contribution in [3.05, 3.63) is 105 Å². The summed E-state index contributed by atoms with van der Waals surface area (Å²) in [7, 11) is 0. The number of carbonyl (C=O) groups excluding carboxylic acids is 2. The van der Waals surface area contributed by atoms with Gasteiger partial charge in [0.1, 0.15) is 24.7 Å². The van der Waals surface area contributed by atoms with Crippen molar-refractivity contribution in [1.82, 2.24) is 4.90 Å². The van der Waals surface area contributed by atoms with Gasteiger partial charge in [-0.05, 0) is 53.2 Å². The second kappa shape index (κ2) is 10.7. The number of rotatable bonds is 9. The van der Waals surface area contributed by atoms with Crippen LogP contribution in [-0.2, 0) is 11.3 Å². The number of carbonyl (C=O) groups is 2. The molecule has 0 unspecified atom stereocenters. The Hall–Kier alpha value is -4.11. The van der Waals surface area contributed by atoms with E-state index >= 15 is 0 Å². The summed E-state index contributed by atoms with van der Waals surface area (Å²) in [6.07, 6.45) is 1.66. The van der Waals surface area contributed by atoms with E-state index in [-0.39, 0.29) is 17.5 Å². The van der Waals surface area contributed by atoms with Crippen LogP contribution < -0.4 is 9.47 Å². The molecular formula is C25H20N2O6S. The number of non-ortho nitro benzene ring substituents is 1. The second-order valence-corrected chi connectivity index (χ2v) is 8.26. The van der Waals surface area contributed by atoms with Gasteiger partial charge in [-0.3, -0.25) is 24.6 Å². The zero-order valence-corrected chi connectivity index (χ0v) is 18.8. The fourth-order valence-electron chi connectivity index (χ4n) is 3.19. The van der Waals surface area contributed by atoms with E-state index in [4.69, 9.17) is 9.47 Å². The lowest BCUT2D eigenvalue weighted by atomic mass is 10.2. The van der Waals surface area contributed by atoms with Crippen molar-refractivity contribution in [1.29, 1.82) is 0 Å². The van der Waals surface area contributed by atoms with Crippen LogP contribution in [0.2, 0.25) is 0 Å². The molecule has 1 aliphatic heterocycles. The van der Waals surface area contributed by atoms with E-state index in [1.54, 1.807) is 30.3 Å². The SMILES string of the molecule is O=C1S/C(=C\c2ccc(OCCOc3ccccc3)cc2)C(=O)N1Cc1ccc([N+](=O)[O-])cc1. The number of thioether (sulfide) groups is 1. The fraction of sp³-hybridized carbons (Fsp3) is 0.120. The number of benzene rings is 3. The standard InChI is InChI=1S/C25H20N2O6S/c28-24-23(34-25(29)26(24)17-19-6-10-20(11-7-19)27(30)31)16-18-8-12-22(13-9-18)33-15-14-32-21-4-2-1-3-5-21/h1-13,16H,14-15,17H2/b23-16-. The summed E-state index contributed by atoms with van der Waals surface area (Å²) in [5, 5.41) is 10.4. The van der Waals surface area contributed by atoms with Gasteiger partial charge in [-0.25, -0.2) is 0 Å².